The van der Waals surface area contributed by atoms with Crippen LogP contribution in [0.5, 0.6) is 0 Å². The molecule has 0 aromatic heterocycles. The Labute approximate surface area is 380 Å². The van der Waals surface area contributed by atoms with E-state index in [2.05, 4.69) is 137 Å². The topological polar surface area (TPSA) is 27.7 Å². The summed E-state index contributed by atoms with van der Waals surface area (Å²) < 4.78 is 14.8. The Morgan fingerprint density at radius 1 is 0.414 bits per heavy atom. The zero-order chi connectivity index (χ0) is 37.7. The molecule has 12 rings (SSSR count). The van der Waals surface area contributed by atoms with Crippen LogP contribution >= 0.6 is 0 Å². The van der Waals surface area contributed by atoms with Crippen LogP contribution in [0, 0.1) is 6.07 Å². The van der Waals surface area contributed by atoms with Crippen LogP contribution in [0.2, 0.25) is 0 Å². The minimum Gasteiger partial charge on any atom is -1.00 e. The Kier molecular flexibility index (Phi) is 14.2. The first-order chi connectivity index (χ1) is 26.8. The van der Waals surface area contributed by atoms with Gasteiger partial charge in [-0.05, 0) is 95.9 Å². The first-order valence-corrected chi connectivity index (χ1v) is 21.0. The second kappa shape index (κ2) is 18.3. The molecule has 0 unspecified atom stereocenters. The molecule has 302 valence electrons. The Bertz CT molecular complexity index is 1930. The van der Waals surface area contributed by atoms with Crippen LogP contribution in [0.1, 0.15) is 124 Å². The third-order valence-corrected chi connectivity index (χ3v) is 13.4. The van der Waals surface area contributed by atoms with Gasteiger partial charge >= 0.3 is 35.9 Å². The predicted molar refractivity (Wildman–Crippen MR) is 224 cm³/mol. The van der Waals surface area contributed by atoms with Crippen molar-refractivity contribution in [2.24, 2.45) is 0 Å². The fraction of sp³-hybridized carbons (Fsp3) is 0.423. The number of hydrogen-bond acceptors (Lipinski definition) is 3. The van der Waals surface area contributed by atoms with Crippen molar-refractivity contribution < 1.29 is 67.1 Å². The van der Waals surface area contributed by atoms with Crippen molar-refractivity contribution in [3.05, 3.63) is 154 Å². The van der Waals surface area contributed by atoms with Gasteiger partial charge in [-0.1, -0.05) is 136 Å². The summed E-state index contributed by atoms with van der Waals surface area (Å²) in [6.07, 6.45) is 9.81. The zero-order valence-electron chi connectivity index (χ0n) is 35.1. The van der Waals surface area contributed by atoms with Gasteiger partial charge < -0.3 is 31.2 Å². The second-order valence-electron chi connectivity index (χ2n) is 17.9. The van der Waals surface area contributed by atoms with Crippen molar-refractivity contribution in [2.75, 3.05) is 39.6 Å². The molecule has 0 atom stereocenters. The second-order valence-corrected chi connectivity index (χ2v) is 17.9. The number of fused-ring (bicyclic) bond motifs is 14. The van der Waals surface area contributed by atoms with Crippen molar-refractivity contribution in [3.8, 4) is 22.3 Å². The van der Waals surface area contributed by atoms with Crippen LogP contribution in [0.25, 0.3) is 22.3 Å². The van der Waals surface area contributed by atoms with Crippen molar-refractivity contribution in [1.82, 2.24) is 0 Å². The van der Waals surface area contributed by atoms with E-state index < -0.39 is 0 Å². The molecule has 3 aliphatic heterocycles. The number of halogens is 1. The van der Waals surface area contributed by atoms with Gasteiger partial charge in [0.05, 0.1) is 0 Å². The molecule has 7 aliphatic rings. The van der Waals surface area contributed by atoms with E-state index in [0.29, 0.717) is 0 Å². The van der Waals surface area contributed by atoms with Gasteiger partial charge in [0.15, 0.2) is 0 Å². The zero-order valence-corrected chi connectivity index (χ0v) is 37.6. The van der Waals surface area contributed by atoms with E-state index in [1.807, 2.05) is 0 Å². The number of hydrogen-bond donors (Lipinski definition) is 0. The van der Waals surface area contributed by atoms with Gasteiger partial charge in [0, 0.05) is 50.5 Å². The maximum atomic E-state index is 4.94. The third-order valence-electron chi connectivity index (χ3n) is 13.4. The Hall–Kier alpha value is -2.42. The van der Waals surface area contributed by atoms with E-state index in [-0.39, 0.29) is 74.6 Å². The monoisotopic (exact) mass is 878 g/mol. The summed E-state index contributed by atoms with van der Waals surface area (Å²) in [5.41, 5.74) is 16.9. The molecule has 4 aliphatic carbocycles. The van der Waals surface area contributed by atoms with E-state index in [0.717, 1.165) is 52.5 Å². The molecule has 0 amide bonds. The normalized spacial score (nSPS) is 20.1. The minimum absolute atomic E-state index is 0. The van der Waals surface area contributed by atoms with E-state index in [4.69, 9.17) is 14.2 Å². The van der Waals surface area contributed by atoms with Crippen LogP contribution < -0.4 is 35.8 Å². The fourth-order valence-corrected chi connectivity index (χ4v) is 11.1. The average Bonchev–Trinajstić information content (AvgIpc) is 4.07. The molecule has 0 bridgehead atoms. The molecule has 0 N–H and O–H groups in total. The summed E-state index contributed by atoms with van der Waals surface area (Å²) in [6, 6.07) is 43.6. The maximum absolute atomic E-state index is 4.94. The van der Waals surface area contributed by atoms with Gasteiger partial charge in [0.2, 0.25) is 0 Å². The molecular weight excluding hydrogens is 823 g/mol. The van der Waals surface area contributed by atoms with Gasteiger partial charge in [-0.3, -0.25) is 0 Å². The molecule has 5 aromatic carbocycles. The van der Waals surface area contributed by atoms with Crippen LogP contribution in [-0.2, 0) is 52.9 Å². The summed E-state index contributed by atoms with van der Waals surface area (Å²) in [5, 5.41) is 0. The predicted octanol–water partition coefficient (Wildman–Crippen LogP) is 5.87. The Balaban J connectivity index is 0.000000265. The molecule has 3 fully saturated rings. The number of benzene rings is 5. The van der Waals surface area contributed by atoms with Crippen LogP contribution in [0.3, 0.4) is 0 Å². The summed E-state index contributed by atoms with van der Waals surface area (Å²) in [4.78, 5) is 0. The standard InChI is InChI=1S/C40H33.3C4H8O.BrH.Cu.Li/c1-37(2)23-39(29-17-9-5-13-25(29)26-14-6-10-18-30(26)39)35-22-36-34(21-33(35)37)38(3,4)24-40(36)31-19-11-7-15-27(31)28-16-8-12-20-32(28)40;3*1-2-4-5-3-1;;;/h5-21H,23-24H2,1-4H3;3*1-4H2;1H;;/q-1;;;;;2*+1/p-1. The Morgan fingerprint density at radius 3 is 0.914 bits per heavy atom. The first kappa shape index (κ1) is 45.1. The molecule has 0 radical (unpaired) electrons. The first-order valence-electron chi connectivity index (χ1n) is 21.0. The summed E-state index contributed by atoms with van der Waals surface area (Å²) in [7, 11) is 0. The van der Waals surface area contributed by atoms with Crippen molar-refractivity contribution in [3.63, 3.8) is 0 Å². The molecule has 2 spiro atoms. The SMILES string of the molecule is C1CCOC1.C1CCOC1.C1CCOC1.CC1(C)CC2(c3[c-]c4c(cc31)C(C)(C)CC41c3ccccc3-c3ccccc31)c1ccccc1-c1ccccc12.[Br-].[Cu+].[Li+]. The number of rotatable bonds is 0. The van der Waals surface area contributed by atoms with Crippen molar-refractivity contribution in [1.29, 1.82) is 0 Å². The van der Waals surface area contributed by atoms with E-state index in [9.17, 15) is 0 Å². The van der Waals surface area contributed by atoms with E-state index in [1.54, 1.807) is 0 Å². The molecule has 3 heterocycles. The summed E-state index contributed by atoms with van der Waals surface area (Å²) >= 11 is 0. The average molecular weight is 880 g/mol. The van der Waals surface area contributed by atoms with E-state index >= 15 is 0 Å². The molecule has 5 aromatic rings. The van der Waals surface area contributed by atoms with Gasteiger partial charge in [-0.15, -0.1) is 22.3 Å². The number of ether oxygens (including phenoxy) is 3. The molecule has 3 nitrogen and oxygen atoms in total. The summed E-state index contributed by atoms with van der Waals surface area (Å²) in [5.74, 6) is 0. The molecule has 58 heavy (non-hydrogen) atoms. The van der Waals surface area contributed by atoms with Crippen molar-refractivity contribution in [2.45, 2.75) is 101 Å². The van der Waals surface area contributed by atoms with Crippen LogP contribution in [-0.4, -0.2) is 39.6 Å². The largest absolute Gasteiger partial charge is 1.00 e. The van der Waals surface area contributed by atoms with Gasteiger partial charge in [-0.2, -0.15) is 12.1 Å². The quantitative estimate of drug-likeness (QED) is 0.144. The van der Waals surface area contributed by atoms with Gasteiger partial charge in [-0.25, -0.2) is 0 Å². The maximum Gasteiger partial charge on any atom is 1.00 e. The van der Waals surface area contributed by atoms with Gasteiger partial charge in [0.25, 0.3) is 0 Å². The minimum atomic E-state index is -0.174. The molecule has 6 heteroatoms. The van der Waals surface area contributed by atoms with Crippen molar-refractivity contribution >= 4 is 0 Å². The van der Waals surface area contributed by atoms with Crippen LogP contribution in [0.15, 0.2) is 103 Å². The fourth-order valence-electron chi connectivity index (χ4n) is 11.1. The van der Waals surface area contributed by atoms with Crippen LogP contribution in [0.4, 0.5) is 0 Å². The van der Waals surface area contributed by atoms with E-state index in [1.165, 1.54) is 105 Å². The third kappa shape index (κ3) is 7.49. The molecule has 3 saturated heterocycles. The molecule has 0 saturated carbocycles. The Morgan fingerprint density at radius 2 is 0.672 bits per heavy atom. The summed E-state index contributed by atoms with van der Waals surface area (Å²) in [6.45, 7) is 15.8. The van der Waals surface area contributed by atoms with Gasteiger partial charge in [0.1, 0.15) is 0 Å². The molecular formula is C52H57BrCuLiO3. The smallest absolute Gasteiger partial charge is 1.00 e.